The third kappa shape index (κ3) is 3.66. The van der Waals surface area contributed by atoms with Gasteiger partial charge in [0.15, 0.2) is 0 Å². The molecule has 1 amide bonds. The molecule has 1 aromatic heterocycles. The fraction of sp³-hybridized carbons (Fsp3) is 0.412. The number of nitrogens with two attached hydrogens (primary N) is 1. The van der Waals surface area contributed by atoms with E-state index in [2.05, 4.69) is 4.98 Å². The second-order valence-corrected chi connectivity index (χ2v) is 9.14. The summed E-state index contributed by atoms with van der Waals surface area (Å²) >= 11 is 1.36. The number of aromatic nitrogens is 1. The average Bonchev–Trinajstić information content (AvgIpc) is 3.12. The van der Waals surface area contributed by atoms with Crippen LogP contribution < -0.4 is 5.73 Å². The van der Waals surface area contributed by atoms with Gasteiger partial charge in [-0.2, -0.15) is 4.31 Å². The first kappa shape index (κ1) is 19.0. The maximum atomic E-state index is 12.9. The van der Waals surface area contributed by atoms with E-state index in [0.717, 1.165) is 11.1 Å². The van der Waals surface area contributed by atoms with Crippen molar-refractivity contribution in [1.29, 1.82) is 0 Å². The highest BCUT2D eigenvalue weighted by Crippen LogP contribution is 2.23. The minimum Gasteiger partial charge on any atom is -0.335 e. The number of sulfonamides is 1. The molecule has 1 aliphatic rings. The van der Waals surface area contributed by atoms with Gasteiger partial charge in [-0.15, -0.1) is 11.3 Å². The highest BCUT2D eigenvalue weighted by molar-refractivity contribution is 7.89. The maximum Gasteiger partial charge on any atom is 0.273 e. The van der Waals surface area contributed by atoms with Crippen LogP contribution in [0.25, 0.3) is 0 Å². The SMILES string of the molecule is Cc1ccc(C)c(S(=O)(=O)N2CCN(C(=O)c3csc(CN)n3)CC2)c1. The topological polar surface area (TPSA) is 96.6 Å². The summed E-state index contributed by atoms with van der Waals surface area (Å²) in [5.74, 6) is -0.176. The normalized spacial score (nSPS) is 16.0. The predicted molar refractivity (Wildman–Crippen MR) is 101 cm³/mol. The molecule has 1 aliphatic heterocycles. The molecule has 140 valence electrons. The second-order valence-electron chi connectivity index (χ2n) is 6.30. The van der Waals surface area contributed by atoms with Crippen molar-refractivity contribution < 1.29 is 13.2 Å². The molecule has 1 saturated heterocycles. The molecular weight excluding hydrogens is 372 g/mol. The van der Waals surface area contributed by atoms with Gasteiger partial charge >= 0.3 is 0 Å². The Kier molecular flexibility index (Phi) is 5.42. The fourth-order valence-corrected chi connectivity index (χ4v) is 5.30. The van der Waals surface area contributed by atoms with E-state index in [0.29, 0.717) is 35.2 Å². The molecular formula is C17H22N4O3S2. The van der Waals surface area contributed by atoms with Gasteiger partial charge < -0.3 is 10.6 Å². The Morgan fingerprint density at radius 2 is 1.92 bits per heavy atom. The van der Waals surface area contributed by atoms with E-state index < -0.39 is 10.0 Å². The van der Waals surface area contributed by atoms with Crippen molar-refractivity contribution in [3.05, 3.63) is 45.4 Å². The lowest BCUT2D eigenvalue weighted by Gasteiger charge is -2.34. The lowest BCUT2D eigenvalue weighted by atomic mass is 10.2. The molecule has 1 aromatic carbocycles. The molecule has 0 atom stereocenters. The monoisotopic (exact) mass is 394 g/mol. The number of carbonyl (C=O) groups is 1. The Hall–Kier alpha value is -1.81. The molecule has 2 N–H and O–H groups in total. The largest absolute Gasteiger partial charge is 0.335 e. The summed E-state index contributed by atoms with van der Waals surface area (Å²) in [7, 11) is -3.56. The zero-order valence-electron chi connectivity index (χ0n) is 14.8. The number of piperazine rings is 1. The van der Waals surface area contributed by atoms with Crippen molar-refractivity contribution in [2.45, 2.75) is 25.3 Å². The van der Waals surface area contributed by atoms with Crippen molar-refractivity contribution in [3.63, 3.8) is 0 Å². The van der Waals surface area contributed by atoms with Crippen LogP contribution in [0.2, 0.25) is 0 Å². The zero-order valence-corrected chi connectivity index (χ0v) is 16.4. The van der Waals surface area contributed by atoms with Crippen LogP contribution >= 0.6 is 11.3 Å². The van der Waals surface area contributed by atoms with Gasteiger partial charge in [-0.3, -0.25) is 4.79 Å². The summed E-state index contributed by atoms with van der Waals surface area (Å²) in [4.78, 5) is 18.7. The molecule has 7 nitrogen and oxygen atoms in total. The van der Waals surface area contributed by atoms with Gasteiger partial charge in [-0.25, -0.2) is 13.4 Å². The number of hydrogen-bond donors (Lipinski definition) is 1. The number of benzene rings is 1. The van der Waals surface area contributed by atoms with Crippen LogP contribution in [0.1, 0.15) is 26.6 Å². The van der Waals surface area contributed by atoms with E-state index in [4.69, 9.17) is 5.73 Å². The van der Waals surface area contributed by atoms with Crippen molar-refractivity contribution in [2.24, 2.45) is 5.73 Å². The minimum atomic E-state index is -3.56. The highest BCUT2D eigenvalue weighted by atomic mass is 32.2. The van der Waals surface area contributed by atoms with Crippen LogP contribution in [0.5, 0.6) is 0 Å². The number of hydrogen-bond acceptors (Lipinski definition) is 6. The molecule has 1 fully saturated rings. The Morgan fingerprint density at radius 3 is 2.54 bits per heavy atom. The molecule has 26 heavy (non-hydrogen) atoms. The summed E-state index contributed by atoms with van der Waals surface area (Å²) in [5.41, 5.74) is 7.54. The molecule has 0 saturated carbocycles. The van der Waals surface area contributed by atoms with Gasteiger partial charge in [0.1, 0.15) is 10.7 Å². The first-order valence-corrected chi connectivity index (χ1v) is 10.7. The van der Waals surface area contributed by atoms with E-state index in [1.807, 2.05) is 19.1 Å². The molecule has 2 heterocycles. The number of nitrogens with zero attached hydrogens (tertiary/aromatic N) is 3. The first-order valence-electron chi connectivity index (χ1n) is 8.34. The Balaban J connectivity index is 1.71. The van der Waals surface area contributed by atoms with Crippen LogP contribution in [0.3, 0.4) is 0 Å². The van der Waals surface area contributed by atoms with E-state index in [-0.39, 0.29) is 19.0 Å². The summed E-state index contributed by atoms with van der Waals surface area (Å²) in [6.45, 7) is 5.21. The minimum absolute atomic E-state index is 0.176. The van der Waals surface area contributed by atoms with Gasteiger partial charge in [-0.05, 0) is 31.0 Å². The highest BCUT2D eigenvalue weighted by Gasteiger charge is 2.31. The van der Waals surface area contributed by atoms with Gasteiger partial charge in [0, 0.05) is 38.1 Å². The van der Waals surface area contributed by atoms with Crippen LogP contribution in [-0.4, -0.2) is 54.7 Å². The Bertz CT molecular complexity index is 916. The number of carbonyl (C=O) groups excluding carboxylic acids is 1. The molecule has 2 aromatic rings. The molecule has 9 heteroatoms. The van der Waals surface area contributed by atoms with E-state index >= 15 is 0 Å². The van der Waals surface area contributed by atoms with Crippen LogP contribution in [0.4, 0.5) is 0 Å². The van der Waals surface area contributed by atoms with Crippen LogP contribution in [-0.2, 0) is 16.6 Å². The van der Waals surface area contributed by atoms with Crippen molar-refractivity contribution in [3.8, 4) is 0 Å². The van der Waals surface area contributed by atoms with Crippen molar-refractivity contribution in [1.82, 2.24) is 14.2 Å². The van der Waals surface area contributed by atoms with Gasteiger partial charge in [0.05, 0.1) is 4.90 Å². The molecule has 0 bridgehead atoms. The van der Waals surface area contributed by atoms with Gasteiger partial charge in [0.25, 0.3) is 5.91 Å². The predicted octanol–water partition coefficient (Wildman–Crippen LogP) is 1.37. The number of rotatable bonds is 4. The molecule has 0 radical (unpaired) electrons. The Labute approximate surface area is 157 Å². The number of amides is 1. The smallest absolute Gasteiger partial charge is 0.273 e. The summed E-state index contributed by atoms with van der Waals surface area (Å²) < 4.78 is 27.3. The lowest BCUT2D eigenvalue weighted by molar-refractivity contribution is 0.0692. The van der Waals surface area contributed by atoms with Crippen LogP contribution in [0, 0.1) is 13.8 Å². The van der Waals surface area contributed by atoms with Crippen molar-refractivity contribution >= 4 is 27.3 Å². The standard InChI is InChI=1S/C17H22N4O3S2/c1-12-3-4-13(2)15(9-12)26(23,24)21-7-5-20(6-8-21)17(22)14-11-25-16(10-18)19-14/h3-4,9,11H,5-8,10,18H2,1-2H3. The number of aryl methyl sites for hydroxylation is 2. The molecule has 0 aliphatic carbocycles. The third-order valence-electron chi connectivity index (χ3n) is 4.43. The second kappa shape index (κ2) is 7.43. The average molecular weight is 395 g/mol. The maximum absolute atomic E-state index is 12.9. The molecule has 0 spiro atoms. The van der Waals surface area contributed by atoms with E-state index in [1.54, 1.807) is 23.3 Å². The summed E-state index contributed by atoms with van der Waals surface area (Å²) in [6, 6.07) is 5.42. The van der Waals surface area contributed by atoms with E-state index in [9.17, 15) is 13.2 Å². The number of thiazole rings is 1. The van der Waals surface area contributed by atoms with Crippen molar-refractivity contribution in [2.75, 3.05) is 26.2 Å². The van der Waals surface area contributed by atoms with Gasteiger partial charge in [0.2, 0.25) is 10.0 Å². The summed E-state index contributed by atoms with van der Waals surface area (Å²) in [5, 5.41) is 2.41. The zero-order chi connectivity index (χ0) is 18.9. The fourth-order valence-electron chi connectivity index (χ4n) is 2.92. The lowest BCUT2D eigenvalue weighted by Crippen LogP contribution is -2.50. The van der Waals surface area contributed by atoms with Crippen LogP contribution in [0.15, 0.2) is 28.5 Å². The summed E-state index contributed by atoms with van der Waals surface area (Å²) in [6.07, 6.45) is 0. The molecule has 3 rings (SSSR count). The first-order chi connectivity index (χ1) is 12.3. The third-order valence-corrected chi connectivity index (χ3v) is 7.34. The Morgan fingerprint density at radius 1 is 1.23 bits per heavy atom. The quantitative estimate of drug-likeness (QED) is 0.845. The van der Waals surface area contributed by atoms with E-state index in [1.165, 1.54) is 15.6 Å². The molecule has 0 unspecified atom stereocenters. The van der Waals surface area contributed by atoms with Gasteiger partial charge in [-0.1, -0.05) is 12.1 Å².